The Morgan fingerprint density at radius 1 is 1.03 bits per heavy atom. The van der Waals surface area contributed by atoms with Gasteiger partial charge in [-0.2, -0.15) is 5.10 Å². The number of primary amides is 1. The maximum absolute atomic E-state index is 13.1. The van der Waals surface area contributed by atoms with E-state index in [1.807, 2.05) is 5.43 Å². The van der Waals surface area contributed by atoms with Crippen molar-refractivity contribution >= 4 is 64.0 Å². The Bertz CT molecular complexity index is 1150. The lowest BCUT2D eigenvalue weighted by molar-refractivity contribution is -0.127. The summed E-state index contributed by atoms with van der Waals surface area (Å²) in [5.74, 6) is -4.10. The van der Waals surface area contributed by atoms with Crippen LogP contribution in [0.25, 0.3) is 0 Å². The predicted molar refractivity (Wildman–Crippen MR) is 117 cm³/mol. The van der Waals surface area contributed by atoms with Gasteiger partial charge in [0.2, 0.25) is 5.91 Å². The topological polar surface area (TPSA) is 134 Å². The summed E-state index contributed by atoms with van der Waals surface area (Å²) in [5, 5.41) is 7.12. The van der Waals surface area contributed by atoms with Crippen LogP contribution in [0, 0.1) is 19.8 Å². The van der Waals surface area contributed by atoms with Crippen LogP contribution in [-0.2, 0) is 14.4 Å². The van der Waals surface area contributed by atoms with Crippen LogP contribution in [0.4, 0.5) is 16.2 Å². The first kappa shape index (κ1) is 22.3. The van der Waals surface area contributed by atoms with Crippen LogP contribution in [0.1, 0.15) is 11.1 Å². The van der Waals surface area contributed by atoms with Crippen molar-refractivity contribution in [1.82, 2.24) is 5.43 Å². The SMILES string of the molecule is Cc1cc(Cl)ccc1NC(=O)[C@H]1C(=O)N(c2ccc(Cl)cc2C)C(=O)/C1=N/NC(N)=O. The zero-order chi connectivity index (χ0) is 22.9. The van der Waals surface area contributed by atoms with Gasteiger partial charge in [-0.15, -0.1) is 0 Å². The van der Waals surface area contributed by atoms with E-state index in [4.69, 9.17) is 28.9 Å². The minimum atomic E-state index is -1.61. The number of carbonyl (C=O) groups is 4. The van der Waals surface area contributed by atoms with Crippen molar-refractivity contribution in [3.63, 3.8) is 0 Å². The van der Waals surface area contributed by atoms with Crippen LogP contribution in [0.3, 0.4) is 0 Å². The first-order chi connectivity index (χ1) is 14.6. The fourth-order valence-corrected chi connectivity index (χ4v) is 3.57. The molecule has 1 saturated heterocycles. The molecule has 0 unspecified atom stereocenters. The number of rotatable bonds is 4. The Labute approximate surface area is 187 Å². The monoisotopic (exact) mass is 461 g/mol. The average Bonchev–Trinajstić information content (AvgIpc) is 2.92. The van der Waals surface area contributed by atoms with Crippen molar-refractivity contribution in [3.05, 3.63) is 57.6 Å². The molecule has 31 heavy (non-hydrogen) atoms. The van der Waals surface area contributed by atoms with Crippen LogP contribution in [-0.4, -0.2) is 29.5 Å². The molecular formula is C20H17Cl2N5O4. The molecule has 2 aromatic carbocycles. The van der Waals surface area contributed by atoms with Crippen molar-refractivity contribution in [1.29, 1.82) is 0 Å². The third-order valence-electron chi connectivity index (χ3n) is 4.56. The molecule has 0 spiro atoms. The summed E-state index contributed by atoms with van der Waals surface area (Å²) < 4.78 is 0. The van der Waals surface area contributed by atoms with Crippen molar-refractivity contribution < 1.29 is 19.2 Å². The zero-order valence-electron chi connectivity index (χ0n) is 16.4. The van der Waals surface area contributed by atoms with E-state index in [1.165, 1.54) is 12.1 Å². The standard InChI is InChI=1S/C20H17Cl2N5O4/c1-9-7-11(21)3-5-13(9)24-17(28)15-16(25-26-20(23)31)19(30)27(18(15)29)14-6-4-12(22)8-10(14)2/h3-8,15H,1-2H3,(H,24,28)(H3,23,26,31)/b25-16+/t15-/m0/s1. The van der Waals surface area contributed by atoms with E-state index in [2.05, 4.69) is 10.4 Å². The van der Waals surface area contributed by atoms with Crippen LogP contribution in [0.2, 0.25) is 10.0 Å². The van der Waals surface area contributed by atoms with Gasteiger partial charge in [-0.05, 0) is 61.4 Å². The van der Waals surface area contributed by atoms with Gasteiger partial charge in [0.25, 0.3) is 11.8 Å². The molecule has 2 aromatic rings. The number of aryl methyl sites for hydroxylation is 2. The van der Waals surface area contributed by atoms with Gasteiger partial charge < -0.3 is 11.1 Å². The number of anilines is 2. The molecule has 4 N–H and O–H groups in total. The summed E-state index contributed by atoms with van der Waals surface area (Å²) in [6.45, 7) is 3.38. The van der Waals surface area contributed by atoms with Gasteiger partial charge in [-0.25, -0.2) is 15.1 Å². The lowest BCUT2D eigenvalue weighted by Gasteiger charge is -2.17. The molecular weight excluding hydrogens is 445 g/mol. The Balaban J connectivity index is 2.02. The van der Waals surface area contributed by atoms with Crippen molar-refractivity contribution in [2.75, 3.05) is 10.2 Å². The van der Waals surface area contributed by atoms with E-state index in [9.17, 15) is 19.2 Å². The number of carbonyl (C=O) groups excluding carboxylic acids is 4. The zero-order valence-corrected chi connectivity index (χ0v) is 17.9. The summed E-state index contributed by atoms with van der Waals surface area (Å²) in [4.78, 5) is 51.1. The summed E-state index contributed by atoms with van der Waals surface area (Å²) >= 11 is 11.9. The van der Waals surface area contributed by atoms with Gasteiger partial charge in [0.05, 0.1) is 5.69 Å². The number of urea groups is 1. The summed E-state index contributed by atoms with van der Waals surface area (Å²) in [6.07, 6.45) is 0. The van der Waals surface area contributed by atoms with Gasteiger partial charge in [-0.3, -0.25) is 14.4 Å². The highest BCUT2D eigenvalue weighted by molar-refractivity contribution is 6.61. The highest BCUT2D eigenvalue weighted by atomic mass is 35.5. The van der Waals surface area contributed by atoms with E-state index in [0.717, 1.165) is 4.90 Å². The van der Waals surface area contributed by atoms with Gasteiger partial charge in [0.1, 0.15) is 5.71 Å². The minimum absolute atomic E-state index is 0.240. The number of halogens is 2. The van der Waals surface area contributed by atoms with Gasteiger partial charge in [0, 0.05) is 15.7 Å². The normalized spacial score (nSPS) is 17.2. The van der Waals surface area contributed by atoms with Crippen molar-refractivity contribution in [2.24, 2.45) is 16.8 Å². The van der Waals surface area contributed by atoms with Gasteiger partial charge >= 0.3 is 6.03 Å². The number of nitrogens with zero attached hydrogens (tertiary/aromatic N) is 2. The number of hydrogen-bond acceptors (Lipinski definition) is 5. The Morgan fingerprint density at radius 2 is 1.65 bits per heavy atom. The molecule has 1 aliphatic rings. The first-order valence-corrected chi connectivity index (χ1v) is 9.70. The van der Waals surface area contributed by atoms with E-state index in [0.29, 0.717) is 26.9 Å². The molecule has 0 aliphatic carbocycles. The maximum atomic E-state index is 13.1. The number of imide groups is 1. The van der Waals surface area contributed by atoms with E-state index in [-0.39, 0.29) is 5.69 Å². The molecule has 1 atom stereocenters. The molecule has 0 saturated carbocycles. The predicted octanol–water partition coefficient (Wildman–Crippen LogP) is 2.76. The molecule has 3 rings (SSSR count). The molecule has 0 radical (unpaired) electrons. The fourth-order valence-electron chi connectivity index (χ4n) is 3.12. The summed E-state index contributed by atoms with van der Waals surface area (Å²) in [5.41, 5.74) is 8.29. The Hall–Kier alpha value is -3.43. The lowest BCUT2D eigenvalue weighted by Crippen LogP contribution is -2.35. The van der Waals surface area contributed by atoms with E-state index in [1.54, 1.807) is 38.1 Å². The average molecular weight is 462 g/mol. The highest BCUT2D eigenvalue weighted by Gasteiger charge is 2.50. The molecule has 1 fully saturated rings. The minimum Gasteiger partial charge on any atom is -0.350 e. The second kappa shape index (κ2) is 8.75. The summed E-state index contributed by atoms with van der Waals surface area (Å²) in [6, 6.07) is 8.27. The fraction of sp³-hybridized carbons (Fsp3) is 0.150. The Morgan fingerprint density at radius 3 is 2.23 bits per heavy atom. The van der Waals surface area contributed by atoms with Crippen LogP contribution in [0.15, 0.2) is 41.5 Å². The van der Waals surface area contributed by atoms with Gasteiger partial charge in [-0.1, -0.05) is 23.2 Å². The highest BCUT2D eigenvalue weighted by Crippen LogP contribution is 2.31. The van der Waals surface area contributed by atoms with E-state index >= 15 is 0 Å². The van der Waals surface area contributed by atoms with Crippen molar-refractivity contribution in [3.8, 4) is 0 Å². The number of hydrogen-bond donors (Lipinski definition) is 3. The molecule has 160 valence electrons. The molecule has 11 heteroatoms. The van der Waals surface area contributed by atoms with Crippen molar-refractivity contribution in [2.45, 2.75) is 13.8 Å². The van der Waals surface area contributed by atoms with Crippen LogP contribution >= 0.6 is 23.2 Å². The molecule has 0 bridgehead atoms. The molecule has 0 aromatic heterocycles. The van der Waals surface area contributed by atoms with Crippen LogP contribution in [0.5, 0.6) is 0 Å². The molecule has 1 heterocycles. The third kappa shape index (κ3) is 4.52. The first-order valence-electron chi connectivity index (χ1n) is 8.94. The second-order valence-electron chi connectivity index (χ2n) is 6.76. The van der Waals surface area contributed by atoms with E-state index < -0.39 is 35.4 Å². The number of nitrogens with one attached hydrogen (secondary N) is 2. The Kier molecular flexibility index (Phi) is 6.28. The quantitative estimate of drug-likeness (QED) is 0.366. The number of benzene rings is 2. The molecule has 9 nitrogen and oxygen atoms in total. The van der Waals surface area contributed by atoms with Crippen LogP contribution < -0.4 is 21.4 Å². The second-order valence-corrected chi connectivity index (χ2v) is 7.64. The third-order valence-corrected chi connectivity index (χ3v) is 5.03. The lowest BCUT2D eigenvalue weighted by atomic mass is 10.0. The molecule has 5 amide bonds. The van der Waals surface area contributed by atoms with Gasteiger partial charge in [0.15, 0.2) is 5.92 Å². The smallest absolute Gasteiger partial charge is 0.332 e. The number of amides is 5. The number of nitrogens with two attached hydrogens (primary N) is 1. The summed E-state index contributed by atoms with van der Waals surface area (Å²) in [7, 11) is 0. The number of hydrazone groups is 1. The maximum Gasteiger partial charge on any atom is 0.332 e. The molecule has 1 aliphatic heterocycles. The largest absolute Gasteiger partial charge is 0.350 e.